The molecule has 4 saturated heterocycles. The van der Waals surface area contributed by atoms with Crippen LogP contribution in [0.1, 0.15) is 110 Å². The number of fused-ring (bicyclic) bond motifs is 2. The molecule has 108 heavy (non-hydrogen) atoms. The third-order valence-corrected chi connectivity index (χ3v) is 24.4. The molecule has 0 aromatic heterocycles. The molecule has 0 radical (unpaired) electrons. The summed E-state index contributed by atoms with van der Waals surface area (Å²) in [6.07, 6.45) is -11.9. The highest BCUT2D eigenvalue weighted by Gasteiger charge is 2.52. The van der Waals surface area contributed by atoms with E-state index in [2.05, 4.69) is 68.7 Å². The zero-order chi connectivity index (χ0) is 78.7. The number of benzene rings is 1. The highest BCUT2D eigenvalue weighted by molar-refractivity contribution is 14.1. The van der Waals surface area contributed by atoms with E-state index in [0.717, 1.165) is 24.8 Å². The zero-order valence-electron chi connectivity index (χ0n) is 64.4. The highest BCUT2D eigenvalue weighted by atomic mass is 127. The monoisotopic (exact) mass is 1700 g/mol. The van der Waals surface area contributed by atoms with Crippen molar-refractivity contribution in [2.24, 2.45) is 0 Å². The average molecular weight is 1700 g/mol. The molecule has 1 aromatic rings. The number of aliphatic hydroxyl groups is 5. The molecule has 1 aromatic carbocycles. The number of hydroxylamine groups is 1. The Labute approximate surface area is 660 Å². The van der Waals surface area contributed by atoms with Crippen LogP contribution in [0.25, 0.3) is 0 Å². The lowest BCUT2D eigenvalue weighted by Gasteiger charge is -2.47. The summed E-state index contributed by atoms with van der Waals surface area (Å²) >= 11 is 2.83. The minimum Gasteiger partial charge on any atom is -0.492 e. The van der Waals surface area contributed by atoms with E-state index in [1.54, 1.807) is 51.7 Å². The van der Waals surface area contributed by atoms with Crippen LogP contribution in [0.4, 0.5) is 0 Å². The second kappa shape index (κ2) is 46.3. The fraction of sp³-hybridized carbons (Fsp3) is 0.747. The van der Waals surface area contributed by atoms with Gasteiger partial charge >= 0.3 is 5.97 Å². The van der Waals surface area contributed by atoms with Gasteiger partial charge in [0.15, 0.2) is 41.8 Å². The van der Waals surface area contributed by atoms with Crippen LogP contribution < -0.4 is 19.7 Å². The molecule has 4 fully saturated rings. The number of Topliss-reactive ketones (excluding diaryl/α,β-unsaturated/α-hetero) is 1. The number of rotatable bonds is 43. The molecule has 33 heteroatoms. The Balaban J connectivity index is 1.05. The molecular formula is C75H113IN2O27S3. The lowest BCUT2D eigenvalue weighted by atomic mass is 9.72. The number of likely N-dealkylation sites (N-methyl/N-ethyl adjacent to an activating group) is 1. The van der Waals surface area contributed by atoms with Crippen LogP contribution in [0.3, 0.4) is 0 Å². The predicted octanol–water partition coefficient (Wildman–Crippen LogP) is 5.58. The first-order valence-electron chi connectivity index (χ1n) is 36.6. The molecule has 2 aliphatic carbocycles. The molecule has 29 nitrogen and oxygen atoms in total. The van der Waals surface area contributed by atoms with Gasteiger partial charge in [0.25, 0.3) is 0 Å². The van der Waals surface area contributed by atoms with Crippen LogP contribution in [0, 0.1) is 34.2 Å². The molecular weight excluding hydrogens is 1580 g/mol. The Morgan fingerprint density at radius 2 is 1.38 bits per heavy atom. The van der Waals surface area contributed by atoms with E-state index in [1.807, 2.05) is 22.6 Å². The fourth-order valence-corrected chi connectivity index (χ4v) is 16.9. The minimum absolute atomic E-state index is 0.0136. The maximum Gasteiger partial charge on any atom is 0.310 e. The van der Waals surface area contributed by atoms with Gasteiger partial charge in [-0.2, -0.15) is 5.48 Å². The van der Waals surface area contributed by atoms with Crippen LogP contribution in [0.5, 0.6) is 17.2 Å². The summed E-state index contributed by atoms with van der Waals surface area (Å²) in [5.41, 5.74) is 1.72. The number of aliphatic hydroxyl groups excluding tert-OH is 4. The van der Waals surface area contributed by atoms with Crippen molar-refractivity contribution in [3.8, 4) is 40.9 Å². The molecule has 0 saturated carbocycles. The Morgan fingerprint density at radius 3 is 1.97 bits per heavy atom. The number of nitrogens with one attached hydrogen (secondary N) is 1. The van der Waals surface area contributed by atoms with Gasteiger partial charge in [0.2, 0.25) is 17.2 Å². The predicted molar refractivity (Wildman–Crippen MR) is 410 cm³/mol. The minimum atomic E-state index is -2.06. The summed E-state index contributed by atoms with van der Waals surface area (Å²) in [5.74, 6) is 11.0. The number of carbonyl (C=O) groups is 3. The number of ether oxygens (including phenoxy) is 18. The molecule has 4 heterocycles. The van der Waals surface area contributed by atoms with Gasteiger partial charge in [-0.1, -0.05) is 97.7 Å². The van der Waals surface area contributed by atoms with Gasteiger partial charge in [0.05, 0.1) is 164 Å². The summed E-state index contributed by atoms with van der Waals surface area (Å²) in [7, 11) is 10.0. The van der Waals surface area contributed by atoms with Gasteiger partial charge in [-0.25, -0.2) is 0 Å². The number of halogens is 1. The van der Waals surface area contributed by atoms with Gasteiger partial charge in [0, 0.05) is 74.0 Å². The summed E-state index contributed by atoms with van der Waals surface area (Å²) < 4.78 is 108. The molecule has 6 aliphatic rings. The third kappa shape index (κ3) is 26.1. The Hall–Kier alpha value is -3.33. The van der Waals surface area contributed by atoms with Gasteiger partial charge in [-0.15, -0.1) is 0 Å². The molecule has 0 spiro atoms. The van der Waals surface area contributed by atoms with Crippen LogP contribution in [-0.4, -0.2) is 308 Å². The van der Waals surface area contributed by atoms with E-state index in [4.69, 9.17) is 90.1 Å². The lowest BCUT2D eigenvalue weighted by Crippen LogP contribution is -2.65. The van der Waals surface area contributed by atoms with Crippen LogP contribution >= 0.6 is 55.9 Å². The van der Waals surface area contributed by atoms with Gasteiger partial charge in [0.1, 0.15) is 36.6 Å². The molecule has 4 aliphatic heterocycles. The summed E-state index contributed by atoms with van der Waals surface area (Å²) in [4.78, 5) is 50.8. The van der Waals surface area contributed by atoms with Gasteiger partial charge in [-0.05, 0) is 87.4 Å². The Morgan fingerprint density at radius 1 is 0.750 bits per heavy atom. The maximum atomic E-state index is 14.6. The molecule has 2 bridgehead atoms. The number of esters is 1. The molecule has 610 valence electrons. The van der Waals surface area contributed by atoms with Crippen molar-refractivity contribution in [3.05, 3.63) is 49.6 Å². The number of carbonyl (C=O) groups excluding carboxylic acids is 3. The first kappa shape index (κ1) is 91.8. The number of nitrogens with zero attached hydrogens (tertiary/aromatic N) is 1. The molecule has 0 unspecified atom stereocenters. The first-order valence-corrected chi connectivity index (χ1v) is 40.9. The summed E-state index contributed by atoms with van der Waals surface area (Å²) in [6, 6.07) is -1.34. The SMILES string of the molecule is CCCOCCOCCOCCOCCOCCOCCCN(CC)[C@H]1CO[C@@H](O[C@H]2[C@H](O[C@H]3C#C/C=C\C#C[C@]4(O)CC(=O)C(CC(=O)OC)=C3/C4=C\CSSC(C)(C)C)O[C@H](C)[C@@H](NO[C@H]3C[C@H](O)[C@H](SC(=O)c4c(C)c(I)c(O[C@@H]5O[C@@H](C)[C@H](O)[C@@H](OC)[C@H]5O)c(OC)c4OC)[C@@H](C)O3)[C@@H]2O)C[C@@H]1OC. The Kier molecular flexibility index (Phi) is 39.4. The normalized spacial score (nSPS) is 30.9. The highest BCUT2D eigenvalue weighted by Crippen LogP contribution is 2.49. The van der Waals surface area contributed by atoms with E-state index in [-0.39, 0.29) is 69.8 Å². The second-order valence-electron chi connectivity index (χ2n) is 27.3. The van der Waals surface area contributed by atoms with Gasteiger partial charge < -0.3 is 111 Å². The largest absolute Gasteiger partial charge is 0.492 e. The van der Waals surface area contributed by atoms with Crippen molar-refractivity contribution < 1.29 is 130 Å². The smallest absolute Gasteiger partial charge is 0.310 e. The number of allylic oxidation sites excluding steroid dienone is 2. The van der Waals surface area contributed by atoms with Crippen LogP contribution in [-0.2, 0) is 85.5 Å². The van der Waals surface area contributed by atoms with Crippen molar-refractivity contribution >= 4 is 72.8 Å². The summed E-state index contributed by atoms with van der Waals surface area (Å²) in [5, 5.41) is 57.8. The van der Waals surface area contributed by atoms with Gasteiger partial charge in [-0.3, -0.25) is 24.1 Å². The van der Waals surface area contributed by atoms with Crippen LogP contribution in [0.15, 0.2) is 34.9 Å². The number of thioether (sulfide) groups is 1. The van der Waals surface area contributed by atoms with E-state index >= 15 is 0 Å². The standard InChI is InChI=1S/C75H113IN2O27S3/c1-15-26-92-28-30-94-32-34-96-36-37-97-35-33-95-31-29-93-27-21-25-78(16-2)50-43-98-56(41-54(50)87-10)103-68-63(83)61(45(4)100-73(68)102-53-22-19-17-18-20-24-75(86)42-52(80)48(39-55(81)88-11)59(53)49(75)23-38-106-108-74(7,8)9)77-105-57-40-51(79)70(47(6)99-57)107-71(85)58-44(3)60(76)66(69(91-14)65(58)89-12)104-72-64(84)67(90-13)62(82)46(5)101-72/h17-18,23,45-47,50-51,53-54,56-57,61-64,67-68,70,72-73,77,79,82-84,86H,15-16,21,25-43H2,1-14H3/b18-17-,49-23+/t45-,46+,47-,50+,51+,53+,54+,56+,57+,61-,62+,63+,64-,67-,68-,70-,72+,73+,75+/m1/s1. The quantitative estimate of drug-likeness (QED) is 0.0116. The van der Waals surface area contributed by atoms with Crippen molar-refractivity contribution in [3.63, 3.8) is 0 Å². The topological polar surface area (TPSA) is 343 Å². The summed E-state index contributed by atoms with van der Waals surface area (Å²) in [6.45, 7) is 24.4. The molecule has 19 atom stereocenters. The zero-order valence-corrected chi connectivity index (χ0v) is 69.1. The van der Waals surface area contributed by atoms with E-state index in [0.29, 0.717) is 107 Å². The number of hydrogen-bond donors (Lipinski definition) is 6. The Bertz CT molecular complexity index is 3220. The number of methoxy groups -OCH3 is 5. The average Bonchev–Trinajstić information content (AvgIpc) is 0.756. The second-order valence-corrected chi connectivity index (χ2v) is 32.7. The van der Waals surface area contributed by atoms with Crippen molar-refractivity contribution in [2.75, 3.05) is 140 Å². The number of hydrogen-bond acceptors (Lipinski definition) is 32. The van der Waals surface area contributed by atoms with Crippen molar-refractivity contribution in [1.82, 2.24) is 10.4 Å². The van der Waals surface area contributed by atoms with Crippen molar-refractivity contribution in [2.45, 2.75) is 221 Å². The van der Waals surface area contributed by atoms with Crippen molar-refractivity contribution in [1.29, 1.82) is 0 Å². The van der Waals surface area contributed by atoms with E-state index in [9.17, 15) is 39.9 Å². The molecule has 0 amide bonds. The third-order valence-electron chi connectivity index (χ3n) is 18.5. The maximum absolute atomic E-state index is 14.6. The van der Waals surface area contributed by atoms with Crippen LogP contribution in [0.2, 0.25) is 0 Å². The number of ketones is 1. The fourth-order valence-electron chi connectivity index (χ4n) is 13.0. The van der Waals surface area contributed by atoms with E-state index < -0.39 is 139 Å². The molecule has 7 rings (SSSR count). The van der Waals surface area contributed by atoms with E-state index in [1.165, 1.54) is 51.4 Å². The first-order chi connectivity index (χ1) is 51.8. The lowest BCUT2D eigenvalue weighted by molar-refractivity contribution is -0.337. The molecule has 6 N–H and O–H groups in total.